The Kier molecular flexibility index (Phi) is 4.41. The number of hydrogen-bond acceptors (Lipinski definition) is 4. The summed E-state index contributed by atoms with van der Waals surface area (Å²) in [6.45, 7) is 0. The summed E-state index contributed by atoms with van der Waals surface area (Å²) in [6.07, 6.45) is 2.90. The third-order valence-corrected chi connectivity index (χ3v) is 3.73. The van der Waals surface area contributed by atoms with Crippen LogP contribution in [0.3, 0.4) is 0 Å². The molecule has 3 rings (SSSR count). The summed E-state index contributed by atoms with van der Waals surface area (Å²) in [5.41, 5.74) is 2.03. The number of halogens is 1. The van der Waals surface area contributed by atoms with Crippen LogP contribution in [0.4, 0.5) is 4.39 Å². The second kappa shape index (κ2) is 6.66. The molecular weight excluding hydrogens is 313 g/mol. The number of rotatable bonds is 5. The molecule has 124 valence electrons. The number of aryl methyl sites for hydroxylation is 1. The van der Waals surface area contributed by atoms with Gasteiger partial charge in [-0.1, -0.05) is 12.1 Å². The average molecular weight is 329 g/mol. The Balaban J connectivity index is 1.95. The van der Waals surface area contributed by atoms with Gasteiger partial charge in [0.25, 0.3) is 5.56 Å². The fourth-order valence-corrected chi connectivity index (χ4v) is 2.54. The largest absolute Gasteiger partial charge is 0.469 e. The standard InChI is InChI=1S/C17H16FN3O3/c1-24-16(23)7-3-6-13-9-15(22)21-17(20-13)14(10-19-21)11-4-2-5-12(18)8-11/h2,4-5,8-10,19H,3,6-7H2,1H3. The van der Waals surface area contributed by atoms with Crippen molar-refractivity contribution in [2.75, 3.05) is 7.11 Å². The molecule has 0 amide bonds. The van der Waals surface area contributed by atoms with Crippen molar-refractivity contribution in [3.63, 3.8) is 0 Å². The number of nitrogens with zero attached hydrogens (tertiary/aromatic N) is 2. The zero-order valence-corrected chi connectivity index (χ0v) is 13.1. The van der Waals surface area contributed by atoms with Crippen molar-refractivity contribution in [3.8, 4) is 11.1 Å². The van der Waals surface area contributed by atoms with Gasteiger partial charge in [0.05, 0.1) is 7.11 Å². The molecule has 0 spiro atoms. The Morgan fingerprint density at radius 2 is 2.21 bits per heavy atom. The monoisotopic (exact) mass is 329 g/mol. The smallest absolute Gasteiger partial charge is 0.305 e. The Morgan fingerprint density at radius 3 is 2.96 bits per heavy atom. The van der Waals surface area contributed by atoms with Crippen molar-refractivity contribution in [2.24, 2.45) is 0 Å². The summed E-state index contributed by atoms with van der Waals surface area (Å²) in [5, 5.41) is 2.83. The van der Waals surface area contributed by atoms with Crippen LogP contribution in [0.15, 0.2) is 41.3 Å². The maximum Gasteiger partial charge on any atom is 0.305 e. The lowest BCUT2D eigenvalue weighted by atomic mass is 10.1. The molecule has 7 heteroatoms. The number of aromatic amines is 1. The average Bonchev–Trinajstić information content (AvgIpc) is 2.99. The van der Waals surface area contributed by atoms with Crippen molar-refractivity contribution >= 4 is 11.6 Å². The van der Waals surface area contributed by atoms with Crippen LogP contribution in [0.1, 0.15) is 18.5 Å². The number of carbonyl (C=O) groups is 1. The zero-order valence-electron chi connectivity index (χ0n) is 13.1. The number of H-pyrrole nitrogens is 1. The third kappa shape index (κ3) is 3.19. The first-order valence-corrected chi connectivity index (χ1v) is 7.51. The molecule has 0 saturated heterocycles. The van der Waals surface area contributed by atoms with Crippen LogP contribution in [-0.2, 0) is 16.0 Å². The minimum Gasteiger partial charge on any atom is -0.469 e. The van der Waals surface area contributed by atoms with Gasteiger partial charge >= 0.3 is 5.97 Å². The molecule has 2 aromatic heterocycles. The van der Waals surface area contributed by atoms with Gasteiger partial charge < -0.3 is 4.74 Å². The maximum absolute atomic E-state index is 13.5. The number of ether oxygens (including phenoxy) is 1. The molecule has 0 atom stereocenters. The molecule has 0 aliphatic carbocycles. The predicted molar refractivity (Wildman–Crippen MR) is 86.2 cm³/mol. The van der Waals surface area contributed by atoms with Crippen LogP contribution in [0.25, 0.3) is 16.8 Å². The van der Waals surface area contributed by atoms with E-state index in [1.807, 2.05) is 0 Å². The van der Waals surface area contributed by atoms with Crippen LogP contribution in [0.2, 0.25) is 0 Å². The summed E-state index contributed by atoms with van der Waals surface area (Å²) >= 11 is 0. The lowest BCUT2D eigenvalue weighted by Gasteiger charge is -2.03. The number of methoxy groups -OCH3 is 1. The Morgan fingerprint density at radius 1 is 1.38 bits per heavy atom. The summed E-state index contributed by atoms with van der Waals surface area (Å²) in [4.78, 5) is 27.8. The fraction of sp³-hybridized carbons (Fsp3) is 0.235. The third-order valence-electron chi connectivity index (χ3n) is 3.73. The fourth-order valence-electron chi connectivity index (χ4n) is 2.54. The van der Waals surface area contributed by atoms with E-state index in [9.17, 15) is 14.0 Å². The normalized spacial score (nSPS) is 10.9. The highest BCUT2D eigenvalue weighted by molar-refractivity contribution is 5.76. The van der Waals surface area contributed by atoms with Gasteiger partial charge in [-0.2, -0.15) is 0 Å². The van der Waals surface area contributed by atoms with Gasteiger partial charge in [0.15, 0.2) is 5.65 Å². The second-order valence-electron chi connectivity index (χ2n) is 5.37. The summed E-state index contributed by atoms with van der Waals surface area (Å²) in [7, 11) is 1.34. The molecule has 0 fully saturated rings. The van der Waals surface area contributed by atoms with Gasteiger partial charge in [0.1, 0.15) is 5.82 Å². The van der Waals surface area contributed by atoms with E-state index in [-0.39, 0.29) is 23.8 Å². The minimum absolute atomic E-state index is 0.254. The van der Waals surface area contributed by atoms with Crippen LogP contribution in [-0.4, -0.2) is 27.7 Å². The molecule has 0 bridgehead atoms. The van der Waals surface area contributed by atoms with E-state index in [1.165, 1.54) is 29.8 Å². The van der Waals surface area contributed by atoms with Crippen molar-refractivity contribution in [1.82, 2.24) is 14.6 Å². The number of aromatic nitrogens is 3. The van der Waals surface area contributed by atoms with Gasteiger partial charge in [-0.15, -0.1) is 0 Å². The van der Waals surface area contributed by atoms with Crippen LogP contribution < -0.4 is 5.56 Å². The molecule has 1 aromatic carbocycles. The van der Waals surface area contributed by atoms with Gasteiger partial charge in [0, 0.05) is 29.9 Å². The molecule has 2 heterocycles. The Bertz CT molecular complexity index is 946. The molecule has 0 aliphatic heterocycles. The van der Waals surface area contributed by atoms with Gasteiger partial charge in [0.2, 0.25) is 0 Å². The van der Waals surface area contributed by atoms with Crippen molar-refractivity contribution in [2.45, 2.75) is 19.3 Å². The second-order valence-corrected chi connectivity index (χ2v) is 5.37. The van der Waals surface area contributed by atoms with E-state index in [0.717, 1.165) is 0 Å². The molecular formula is C17H16FN3O3. The first-order chi connectivity index (χ1) is 11.6. The van der Waals surface area contributed by atoms with Crippen LogP contribution >= 0.6 is 0 Å². The van der Waals surface area contributed by atoms with E-state index in [1.54, 1.807) is 18.3 Å². The molecule has 24 heavy (non-hydrogen) atoms. The number of esters is 1. The first kappa shape index (κ1) is 15.9. The number of benzene rings is 1. The van der Waals surface area contributed by atoms with Crippen molar-refractivity contribution in [1.29, 1.82) is 0 Å². The SMILES string of the molecule is COC(=O)CCCc1cc(=O)n2[nH]cc(-c3cccc(F)c3)c2n1. The van der Waals surface area contributed by atoms with Gasteiger partial charge in [-0.25, -0.2) is 13.9 Å². The highest BCUT2D eigenvalue weighted by atomic mass is 19.1. The van der Waals surface area contributed by atoms with Crippen LogP contribution in [0, 0.1) is 5.82 Å². The minimum atomic E-state index is -0.358. The molecule has 0 aliphatic rings. The highest BCUT2D eigenvalue weighted by Crippen LogP contribution is 2.23. The van der Waals surface area contributed by atoms with Gasteiger partial charge in [-0.3, -0.25) is 14.7 Å². The molecule has 1 N–H and O–H groups in total. The van der Waals surface area contributed by atoms with E-state index in [0.29, 0.717) is 35.3 Å². The van der Waals surface area contributed by atoms with E-state index < -0.39 is 0 Å². The molecule has 6 nitrogen and oxygen atoms in total. The molecule has 3 aromatic rings. The predicted octanol–water partition coefficient (Wildman–Crippen LogP) is 2.32. The topological polar surface area (TPSA) is 76.5 Å². The van der Waals surface area contributed by atoms with Crippen LogP contribution in [0.5, 0.6) is 0 Å². The highest BCUT2D eigenvalue weighted by Gasteiger charge is 2.12. The van der Waals surface area contributed by atoms with Crippen molar-refractivity contribution in [3.05, 3.63) is 58.4 Å². The summed E-state index contributed by atoms with van der Waals surface area (Å²) < 4.78 is 19.4. The van der Waals surface area contributed by atoms with E-state index >= 15 is 0 Å². The number of nitrogens with one attached hydrogen (secondary N) is 1. The first-order valence-electron chi connectivity index (χ1n) is 7.51. The molecule has 0 saturated carbocycles. The Hall–Kier alpha value is -2.96. The van der Waals surface area contributed by atoms with E-state index in [2.05, 4.69) is 14.8 Å². The lowest BCUT2D eigenvalue weighted by molar-refractivity contribution is -0.140. The summed E-state index contributed by atoms with van der Waals surface area (Å²) in [6, 6.07) is 7.53. The number of fused-ring (bicyclic) bond motifs is 1. The van der Waals surface area contributed by atoms with E-state index in [4.69, 9.17) is 0 Å². The van der Waals surface area contributed by atoms with Gasteiger partial charge in [-0.05, 0) is 30.5 Å². The summed E-state index contributed by atoms with van der Waals surface area (Å²) in [5.74, 6) is -0.654. The number of carbonyl (C=O) groups excluding carboxylic acids is 1. The quantitative estimate of drug-likeness (QED) is 0.729. The van der Waals surface area contributed by atoms with Crippen molar-refractivity contribution < 1.29 is 13.9 Å². The zero-order chi connectivity index (χ0) is 17.1. The lowest BCUT2D eigenvalue weighted by Crippen LogP contribution is -2.15. The maximum atomic E-state index is 13.5. The molecule has 0 unspecified atom stereocenters. The number of hydrogen-bond donors (Lipinski definition) is 1. The molecule has 0 radical (unpaired) electrons. The Labute approximate surface area is 136 Å².